The maximum Gasteiger partial charge on any atom is 0.0641 e. The first kappa shape index (κ1) is 17.0. The minimum atomic E-state index is 0.594. The average Bonchev–Trinajstić information content (AvgIpc) is 2.50. The van der Waals surface area contributed by atoms with Gasteiger partial charge in [-0.05, 0) is 30.5 Å². The zero-order valence-corrected chi connectivity index (χ0v) is 12.8. The highest BCUT2D eigenvalue weighted by atomic mass is 16.5. The first-order valence-corrected chi connectivity index (χ1v) is 7.42. The number of anilines is 1. The highest BCUT2D eigenvalue weighted by molar-refractivity contribution is 5.47. The molecule has 0 spiro atoms. The Kier molecular flexibility index (Phi) is 9.04. The molecule has 0 aliphatic heterocycles. The van der Waals surface area contributed by atoms with Crippen molar-refractivity contribution in [1.29, 1.82) is 0 Å². The van der Waals surface area contributed by atoms with Crippen molar-refractivity contribution in [3.63, 3.8) is 0 Å². The van der Waals surface area contributed by atoms with Crippen molar-refractivity contribution in [3.05, 3.63) is 29.8 Å². The van der Waals surface area contributed by atoms with Gasteiger partial charge in [0.05, 0.1) is 6.61 Å². The molecule has 0 heterocycles. The molecule has 0 aromatic heterocycles. The fourth-order valence-corrected chi connectivity index (χ4v) is 2.06. The van der Waals surface area contributed by atoms with E-state index in [9.17, 15) is 0 Å². The minimum Gasteiger partial charge on any atom is -0.385 e. The number of nitrogens with two attached hydrogens (primary N) is 1. The SMILES string of the molecule is CCCN(CCOCCCOC)c1ccc(CN)cc1. The van der Waals surface area contributed by atoms with Gasteiger partial charge in [-0.1, -0.05) is 19.1 Å². The van der Waals surface area contributed by atoms with Gasteiger partial charge in [0.1, 0.15) is 0 Å². The highest BCUT2D eigenvalue weighted by Crippen LogP contribution is 2.15. The summed E-state index contributed by atoms with van der Waals surface area (Å²) in [6.07, 6.45) is 2.08. The lowest BCUT2D eigenvalue weighted by atomic mass is 10.2. The highest BCUT2D eigenvalue weighted by Gasteiger charge is 2.05. The Balaban J connectivity index is 2.38. The van der Waals surface area contributed by atoms with Gasteiger partial charge in [-0.25, -0.2) is 0 Å². The van der Waals surface area contributed by atoms with Gasteiger partial charge in [-0.3, -0.25) is 0 Å². The molecule has 0 saturated carbocycles. The monoisotopic (exact) mass is 280 g/mol. The number of nitrogens with zero attached hydrogens (tertiary/aromatic N) is 1. The van der Waals surface area contributed by atoms with Gasteiger partial charge >= 0.3 is 0 Å². The normalized spacial score (nSPS) is 10.8. The molecule has 0 unspecified atom stereocenters. The van der Waals surface area contributed by atoms with E-state index >= 15 is 0 Å². The molecule has 20 heavy (non-hydrogen) atoms. The molecule has 0 radical (unpaired) electrons. The molecule has 0 aliphatic rings. The van der Waals surface area contributed by atoms with Crippen LogP contribution in [0.3, 0.4) is 0 Å². The van der Waals surface area contributed by atoms with Crippen LogP contribution in [-0.2, 0) is 16.0 Å². The summed E-state index contributed by atoms with van der Waals surface area (Å²) < 4.78 is 10.6. The number of hydrogen-bond donors (Lipinski definition) is 1. The molecule has 0 aliphatic carbocycles. The largest absolute Gasteiger partial charge is 0.385 e. The molecule has 1 aromatic carbocycles. The van der Waals surface area contributed by atoms with Crippen molar-refractivity contribution >= 4 is 5.69 Å². The lowest BCUT2D eigenvalue weighted by molar-refractivity contribution is 0.107. The van der Waals surface area contributed by atoms with Crippen molar-refractivity contribution in [2.75, 3.05) is 44.9 Å². The number of methoxy groups -OCH3 is 1. The summed E-state index contributed by atoms with van der Waals surface area (Å²) in [7, 11) is 1.72. The first-order chi connectivity index (χ1) is 9.81. The maximum absolute atomic E-state index is 5.64. The van der Waals surface area contributed by atoms with Crippen LogP contribution in [0.2, 0.25) is 0 Å². The third kappa shape index (κ3) is 6.37. The lowest BCUT2D eigenvalue weighted by Crippen LogP contribution is -2.28. The Hall–Kier alpha value is -1.10. The molecule has 114 valence electrons. The van der Waals surface area contributed by atoms with E-state index in [1.807, 2.05) is 0 Å². The van der Waals surface area contributed by atoms with Crippen LogP contribution in [0.1, 0.15) is 25.3 Å². The van der Waals surface area contributed by atoms with Crippen LogP contribution in [0.4, 0.5) is 5.69 Å². The second kappa shape index (κ2) is 10.7. The van der Waals surface area contributed by atoms with Crippen LogP contribution in [-0.4, -0.2) is 40.0 Å². The summed E-state index contributed by atoms with van der Waals surface area (Å²) in [6, 6.07) is 8.47. The lowest BCUT2D eigenvalue weighted by Gasteiger charge is -2.24. The van der Waals surface area contributed by atoms with Gasteiger partial charge < -0.3 is 20.1 Å². The van der Waals surface area contributed by atoms with Gasteiger partial charge in [0.15, 0.2) is 0 Å². The molecule has 0 fully saturated rings. The average molecular weight is 280 g/mol. The van der Waals surface area contributed by atoms with Gasteiger partial charge in [0.2, 0.25) is 0 Å². The first-order valence-electron chi connectivity index (χ1n) is 7.42. The number of hydrogen-bond acceptors (Lipinski definition) is 4. The number of benzene rings is 1. The van der Waals surface area contributed by atoms with Crippen molar-refractivity contribution in [2.45, 2.75) is 26.3 Å². The molecule has 0 amide bonds. The molecule has 0 bridgehead atoms. The van der Waals surface area contributed by atoms with E-state index in [4.69, 9.17) is 15.2 Å². The van der Waals surface area contributed by atoms with Crippen LogP contribution in [0.15, 0.2) is 24.3 Å². The topological polar surface area (TPSA) is 47.7 Å². The molecule has 0 atom stereocenters. The Labute approximate surface area is 122 Å². The van der Waals surface area contributed by atoms with Gasteiger partial charge in [0, 0.05) is 45.6 Å². The van der Waals surface area contributed by atoms with Gasteiger partial charge in [-0.15, -0.1) is 0 Å². The van der Waals surface area contributed by atoms with Crippen LogP contribution >= 0.6 is 0 Å². The summed E-state index contributed by atoms with van der Waals surface area (Å²) in [6.45, 7) is 7.03. The van der Waals surface area contributed by atoms with Crippen LogP contribution in [0.5, 0.6) is 0 Å². The van der Waals surface area contributed by atoms with Crippen LogP contribution in [0, 0.1) is 0 Å². The van der Waals surface area contributed by atoms with E-state index in [0.29, 0.717) is 6.54 Å². The summed E-state index contributed by atoms with van der Waals surface area (Å²) in [5.74, 6) is 0. The summed E-state index contributed by atoms with van der Waals surface area (Å²) in [5, 5.41) is 0. The third-order valence-electron chi connectivity index (χ3n) is 3.17. The Bertz CT molecular complexity index is 341. The quantitative estimate of drug-likeness (QED) is 0.632. The van der Waals surface area contributed by atoms with Crippen molar-refractivity contribution in [2.24, 2.45) is 5.73 Å². The predicted molar refractivity (Wildman–Crippen MR) is 84.1 cm³/mol. The fraction of sp³-hybridized carbons (Fsp3) is 0.625. The molecule has 4 heteroatoms. The Morgan fingerprint density at radius 2 is 1.80 bits per heavy atom. The molecule has 0 saturated heterocycles. The number of rotatable bonds is 11. The zero-order valence-electron chi connectivity index (χ0n) is 12.8. The Morgan fingerprint density at radius 3 is 2.40 bits per heavy atom. The van der Waals surface area contributed by atoms with E-state index in [-0.39, 0.29) is 0 Å². The Morgan fingerprint density at radius 1 is 1.05 bits per heavy atom. The second-order valence-electron chi connectivity index (χ2n) is 4.82. The zero-order chi connectivity index (χ0) is 14.6. The van der Waals surface area contributed by atoms with Gasteiger partial charge in [0.25, 0.3) is 0 Å². The minimum absolute atomic E-state index is 0.594. The van der Waals surface area contributed by atoms with E-state index < -0.39 is 0 Å². The molecule has 4 nitrogen and oxygen atoms in total. The standard InChI is InChI=1S/C16H28N2O2/c1-3-9-18(10-13-20-12-4-11-19-2)16-7-5-15(14-17)6-8-16/h5-8H,3-4,9-14,17H2,1-2H3. The molecule has 2 N–H and O–H groups in total. The van der Waals surface area contributed by atoms with E-state index in [0.717, 1.165) is 45.8 Å². The fourth-order valence-electron chi connectivity index (χ4n) is 2.06. The second-order valence-corrected chi connectivity index (χ2v) is 4.82. The smallest absolute Gasteiger partial charge is 0.0641 e. The summed E-state index contributed by atoms with van der Waals surface area (Å²) in [5.41, 5.74) is 8.04. The molecular formula is C16H28N2O2. The third-order valence-corrected chi connectivity index (χ3v) is 3.17. The summed E-state index contributed by atoms with van der Waals surface area (Å²) in [4.78, 5) is 2.36. The molecule has 1 rings (SSSR count). The molecular weight excluding hydrogens is 252 g/mol. The van der Waals surface area contributed by atoms with E-state index in [1.54, 1.807) is 7.11 Å². The van der Waals surface area contributed by atoms with Crippen molar-refractivity contribution in [3.8, 4) is 0 Å². The van der Waals surface area contributed by atoms with Crippen LogP contribution in [0.25, 0.3) is 0 Å². The van der Waals surface area contributed by atoms with Crippen molar-refractivity contribution in [1.82, 2.24) is 0 Å². The predicted octanol–water partition coefficient (Wildman–Crippen LogP) is 2.41. The van der Waals surface area contributed by atoms with Crippen LogP contribution < -0.4 is 10.6 Å². The van der Waals surface area contributed by atoms with E-state index in [2.05, 4.69) is 36.1 Å². The van der Waals surface area contributed by atoms with E-state index in [1.165, 1.54) is 11.3 Å². The van der Waals surface area contributed by atoms with Crippen molar-refractivity contribution < 1.29 is 9.47 Å². The maximum atomic E-state index is 5.64. The van der Waals surface area contributed by atoms with Gasteiger partial charge in [-0.2, -0.15) is 0 Å². The number of ether oxygens (including phenoxy) is 2. The summed E-state index contributed by atoms with van der Waals surface area (Å²) >= 11 is 0. The molecule has 1 aromatic rings.